The van der Waals surface area contributed by atoms with E-state index in [0.29, 0.717) is 6.04 Å². The molecule has 0 amide bonds. The Morgan fingerprint density at radius 2 is 1.90 bits per heavy atom. The highest BCUT2D eigenvalue weighted by Crippen LogP contribution is 2.42. The van der Waals surface area contributed by atoms with Crippen molar-refractivity contribution in [3.63, 3.8) is 0 Å². The summed E-state index contributed by atoms with van der Waals surface area (Å²) in [7, 11) is 0. The lowest BCUT2D eigenvalue weighted by Crippen LogP contribution is -2.50. The molecule has 1 aromatic rings. The summed E-state index contributed by atoms with van der Waals surface area (Å²) in [4.78, 5) is 2.74. The van der Waals surface area contributed by atoms with Crippen molar-refractivity contribution in [2.75, 3.05) is 6.54 Å². The second-order valence-electron chi connectivity index (χ2n) is 6.65. The number of fused-ring (bicyclic) bond motifs is 2. The summed E-state index contributed by atoms with van der Waals surface area (Å²) in [6, 6.07) is 10.9. The second-order valence-corrected chi connectivity index (χ2v) is 7.06. The molecular formula is C18H27ClN2. The van der Waals surface area contributed by atoms with Gasteiger partial charge in [-0.25, -0.2) is 0 Å². The van der Waals surface area contributed by atoms with Gasteiger partial charge in [-0.15, -0.1) is 0 Å². The van der Waals surface area contributed by atoms with Gasteiger partial charge in [0.1, 0.15) is 0 Å². The van der Waals surface area contributed by atoms with Crippen molar-refractivity contribution < 1.29 is 0 Å². The lowest BCUT2D eigenvalue weighted by molar-refractivity contribution is 0.0772. The Morgan fingerprint density at radius 3 is 2.52 bits per heavy atom. The zero-order valence-electron chi connectivity index (χ0n) is 13.2. The van der Waals surface area contributed by atoms with Crippen LogP contribution in [0.25, 0.3) is 0 Å². The van der Waals surface area contributed by atoms with Crippen LogP contribution in [0.3, 0.4) is 0 Å². The maximum atomic E-state index is 6.41. The first-order chi connectivity index (χ1) is 10.2. The summed E-state index contributed by atoms with van der Waals surface area (Å²) >= 11 is 6.41. The van der Waals surface area contributed by atoms with Crippen LogP contribution in [-0.2, 0) is 0 Å². The summed E-state index contributed by atoms with van der Waals surface area (Å²) in [6.07, 6.45) is 6.52. The molecule has 2 fully saturated rings. The molecule has 2 heterocycles. The van der Waals surface area contributed by atoms with Crippen LogP contribution in [0.1, 0.15) is 57.6 Å². The molecule has 3 unspecified atom stereocenters. The molecule has 3 rings (SSSR count). The van der Waals surface area contributed by atoms with Crippen molar-refractivity contribution in [2.45, 2.75) is 70.1 Å². The molecule has 2 aliphatic rings. The van der Waals surface area contributed by atoms with Crippen molar-refractivity contribution in [1.82, 2.24) is 10.2 Å². The topological polar surface area (TPSA) is 15.3 Å². The van der Waals surface area contributed by atoms with E-state index in [1.54, 1.807) is 0 Å². The predicted molar refractivity (Wildman–Crippen MR) is 89.8 cm³/mol. The molecule has 1 N–H and O–H groups in total. The van der Waals surface area contributed by atoms with Crippen LogP contribution in [0.2, 0.25) is 5.02 Å². The standard InChI is InChI=1S/C18H27ClN2/c1-3-10-20-14-11-15-8-9-16(12-14)21(15)13(2)17-6-4-5-7-18(17)19/h4-7,13-16,20H,3,8-12H2,1-2H3. The van der Waals surface area contributed by atoms with E-state index in [2.05, 4.69) is 36.2 Å². The normalized spacial score (nSPS) is 30.5. The van der Waals surface area contributed by atoms with Gasteiger partial charge in [-0.2, -0.15) is 0 Å². The van der Waals surface area contributed by atoms with Crippen LogP contribution in [0.5, 0.6) is 0 Å². The summed E-state index contributed by atoms with van der Waals surface area (Å²) in [5.74, 6) is 0. The fourth-order valence-corrected chi connectivity index (χ4v) is 4.63. The minimum Gasteiger partial charge on any atom is -0.314 e. The molecule has 3 atom stereocenters. The number of nitrogens with one attached hydrogen (secondary N) is 1. The molecule has 0 spiro atoms. The first-order valence-electron chi connectivity index (χ1n) is 8.46. The Kier molecular flexibility index (Phi) is 4.88. The van der Waals surface area contributed by atoms with Gasteiger partial charge in [0.05, 0.1) is 0 Å². The Balaban J connectivity index is 1.72. The Labute approximate surface area is 133 Å². The Bertz CT molecular complexity index is 462. The third-order valence-corrected chi connectivity index (χ3v) is 5.62. The van der Waals surface area contributed by atoms with Crippen molar-refractivity contribution in [3.05, 3.63) is 34.9 Å². The zero-order chi connectivity index (χ0) is 14.8. The summed E-state index contributed by atoms with van der Waals surface area (Å²) in [5.41, 5.74) is 1.29. The van der Waals surface area contributed by atoms with Gasteiger partial charge in [0.25, 0.3) is 0 Å². The van der Waals surface area contributed by atoms with E-state index in [4.69, 9.17) is 11.6 Å². The largest absolute Gasteiger partial charge is 0.314 e. The van der Waals surface area contributed by atoms with Crippen LogP contribution in [0.15, 0.2) is 24.3 Å². The van der Waals surface area contributed by atoms with Crippen LogP contribution >= 0.6 is 11.6 Å². The highest BCUT2D eigenvalue weighted by molar-refractivity contribution is 6.31. The van der Waals surface area contributed by atoms with E-state index >= 15 is 0 Å². The lowest BCUT2D eigenvalue weighted by Gasteiger charge is -2.43. The van der Waals surface area contributed by atoms with Crippen LogP contribution < -0.4 is 5.32 Å². The Hall–Kier alpha value is -0.570. The minimum absolute atomic E-state index is 0.434. The molecule has 2 aliphatic heterocycles. The fraction of sp³-hybridized carbons (Fsp3) is 0.667. The summed E-state index contributed by atoms with van der Waals surface area (Å²) < 4.78 is 0. The fourth-order valence-electron chi connectivity index (χ4n) is 4.34. The maximum absolute atomic E-state index is 6.41. The molecule has 0 aliphatic carbocycles. The predicted octanol–water partition coefficient (Wildman–Crippen LogP) is 4.40. The Morgan fingerprint density at radius 1 is 1.24 bits per heavy atom. The van der Waals surface area contributed by atoms with E-state index in [0.717, 1.165) is 29.7 Å². The first-order valence-corrected chi connectivity index (χ1v) is 8.83. The van der Waals surface area contributed by atoms with Gasteiger partial charge in [-0.1, -0.05) is 36.7 Å². The first kappa shape index (κ1) is 15.3. The number of nitrogens with zero attached hydrogens (tertiary/aromatic N) is 1. The van der Waals surface area contributed by atoms with Gasteiger partial charge < -0.3 is 5.32 Å². The van der Waals surface area contributed by atoms with Crippen molar-refractivity contribution in [3.8, 4) is 0 Å². The lowest BCUT2D eigenvalue weighted by atomic mass is 9.93. The number of hydrogen-bond acceptors (Lipinski definition) is 2. The van der Waals surface area contributed by atoms with E-state index in [1.807, 2.05) is 12.1 Å². The average molecular weight is 307 g/mol. The minimum atomic E-state index is 0.434. The molecule has 2 bridgehead atoms. The van der Waals surface area contributed by atoms with Gasteiger partial charge in [0.2, 0.25) is 0 Å². The molecule has 0 radical (unpaired) electrons. The highest BCUT2D eigenvalue weighted by Gasteiger charge is 2.43. The number of piperidine rings is 1. The molecule has 116 valence electrons. The van der Waals surface area contributed by atoms with Crippen molar-refractivity contribution in [2.24, 2.45) is 0 Å². The van der Waals surface area contributed by atoms with Crippen molar-refractivity contribution >= 4 is 11.6 Å². The molecular weight excluding hydrogens is 280 g/mol. The monoisotopic (exact) mass is 306 g/mol. The number of benzene rings is 1. The molecule has 2 nitrogen and oxygen atoms in total. The van der Waals surface area contributed by atoms with Gasteiger partial charge in [-0.05, 0) is 57.2 Å². The maximum Gasteiger partial charge on any atom is 0.0453 e. The number of hydrogen-bond donors (Lipinski definition) is 1. The van der Waals surface area contributed by atoms with Gasteiger partial charge in [0, 0.05) is 29.2 Å². The van der Waals surface area contributed by atoms with Crippen LogP contribution in [0.4, 0.5) is 0 Å². The SMILES string of the molecule is CCCNC1CC2CCC(C1)N2C(C)c1ccccc1Cl. The van der Waals surface area contributed by atoms with Gasteiger partial charge >= 0.3 is 0 Å². The number of halogens is 1. The zero-order valence-corrected chi connectivity index (χ0v) is 13.9. The molecule has 3 heteroatoms. The molecule has 1 aromatic carbocycles. The highest BCUT2D eigenvalue weighted by atomic mass is 35.5. The smallest absolute Gasteiger partial charge is 0.0453 e. The number of rotatable bonds is 5. The van der Waals surface area contributed by atoms with E-state index in [-0.39, 0.29) is 0 Å². The van der Waals surface area contributed by atoms with E-state index in [1.165, 1.54) is 37.7 Å². The average Bonchev–Trinajstić information content (AvgIpc) is 2.76. The van der Waals surface area contributed by atoms with Crippen LogP contribution in [0, 0.1) is 0 Å². The van der Waals surface area contributed by atoms with Crippen LogP contribution in [-0.4, -0.2) is 29.6 Å². The molecule has 21 heavy (non-hydrogen) atoms. The molecule has 0 aromatic heterocycles. The molecule has 0 saturated carbocycles. The quantitative estimate of drug-likeness (QED) is 0.867. The van der Waals surface area contributed by atoms with Crippen molar-refractivity contribution in [1.29, 1.82) is 0 Å². The summed E-state index contributed by atoms with van der Waals surface area (Å²) in [5, 5.41) is 4.64. The third kappa shape index (κ3) is 3.13. The summed E-state index contributed by atoms with van der Waals surface area (Å²) in [6.45, 7) is 5.73. The third-order valence-electron chi connectivity index (χ3n) is 5.28. The molecule has 2 saturated heterocycles. The van der Waals surface area contributed by atoms with Gasteiger partial charge in [0.15, 0.2) is 0 Å². The van der Waals surface area contributed by atoms with E-state index < -0.39 is 0 Å². The van der Waals surface area contributed by atoms with E-state index in [9.17, 15) is 0 Å². The van der Waals surface area contributed by atoms with Gasteiger partial charge in [-0.3, -0.25) is 4.90 Å². The second kappa shape index (κ2) is 6.68.